The van der Waals surface area contributed by atoms with E-state index in [1.54, 1.807) is 6.92 Å². The van der Waals surface area contributed by atoms with Gasteiger partial charge in [0.25, 0.3) is 0 Å². The van der Waals surface area contributed by atoms with Gasteiger partial charge in [0.15, 0.2) is 5.78 Å². The van der Waals surface area contributed by atoms with Crippen molar-refractivity contribution in [1.82, 2.24) is 5.32 Å². The molecule has 0 fully saturated rings. The summed E-state index contributed by atoms with van der Waals surface area (Å²) in [4.78, 5) is 23.0. The van der Waals surface area contributed by atoms with Crippen molar-refractivity contribution in [3.63, 3.8) is 0 Å². The number of rotatable bonds is 8. The molecule has 1 N–H and O–H groups in total. The molecule has 0 saturated heterocycles. The molecule has 0 heterocycles. The second-order valence-corrected chi connectivity index (χ2v) is 4.50. The van der Waals surface area contributed by atoms with Gasteiger partial charge in [-0.15, -0.1) is 0 Å². The van der Waals surface area contributed by atoms with Crippen LogP contribution in [-0.2, 0) is 9.59 Å². The minimum absolute atomic E-state index is 0.00829. The number of nitrogens with one attached hydrogen (secondary N) is 1. The Balaban J connectivity index is 4.09. The van der Waals surface area contributed by atoms with Crippen LogP contribution in [0.3, 0.4) is 0 Å². The Kier molecular flexibility index (Phi) is 7.86. The number of hydrogen-bond acceptors (Lipinski definition) is 2. The van der Waals surface area contributed by atoms with Crippen LogP contribution in [0.4, 0.5) is 0 Å². The van der Waals surface area contributed by atoms with E-state index in [0.717, 1.165) is 25.7 Å². The number of Topliss-reactive ketones (excluding diaryl/α,β-unsaturated/α-hetero) is 1. The Labute approximate surface area is 99.0 Å². The zero-order valence-corrected chi connectivity index (χ0v) is 11.0. The van der Waals surface area contributed by atoms with E-state index in [4.69, 9.17) is 0 Å². The SMILES string of the molecule is CCCCCC(=O)N[C@H](C(C)=O)[C@@H](C)CC. The smallest absolute Gasteiger partial charge is 0.220 e. The Morgan fingerprint density at radius 3 is 2.25 bits per heavy atom. The van der Waals surface area contributed by atoms with E-state index >= 15 is 0 Å². The number of carbonyl (C=O) groups excluding carboxylic acids is 2. The predicted molar refractivity (Wildman–Crippen MR) is 66.2 cm³/mol. The van der Waals surface area contributed by atoms with Gasteiger partial charge in [-0.2, -0.15) is 0 Å². The highest BCUT2D eigenvalue weighted by Gasteiger charge is 2.21. The lowest BCUT2D eigenvalue weighted by Gasteiger charge is -2.21. The second-order valence-electron chi connectivity index (χ2n) is 4.50. The molecule has 0 aliphatic heterocycles. The highest BCUT2D eigenvalue weighted by atomic mass is 16.2. The number of ketones is 1. The van der Waals surface area contributed by atoms with Gasteiger partial charge in [-0.25, -0.2) is 0 Å². The summed E-state index contributed by atoms with van der Waals surface area (Å²) in [5.74, 6) is 0.278. The van der Waals surface area contributed by atoms with E-state index in [2.05, 4.69) is 12.2 Å². The van der Waals surface area contributed by atoms with E-state index in [1.165, 1.54) is 0 Å². The first-order valence-electron chi connectivity index (χ1n) is 6.32. The number of unbranched alkanes of at least 4 members (excludes halogenated alkanes) is 2. The molecule has 1 amide bonds. The molecule has 0 unspecified atom stereocenters. The molecule has 94 valence electrons. The summed E-state index contributed by atoms with van der Waals surface area (Å²) >= 11 is 0. The fourth-order valence-electron chi connectivity index (χ4n) is 1.66. The third-order valence-corrected chi connectivity index (χ3v) is 2.97. The Morgan fingerprint density at radius 1 is 1.19 bits per heavy atom. The minimum Gasteiger partial charge on any atom is -0.346 e. The van der Waals surface area contributed by atoms with Gasteiger partial charge in [0, 0.05) is 6.42 Å². The lowest BCUT2D eigenvalue weighted by molar-refractivity contribution is -0.128. The maximum atomic E-state index is 11.6. The molecule has 2 atom stereocenters. The molecule has 0 aromatic carbocycles. The van der Waals surface area contributed by atoms with Crippen LogP contribution in [0.15, 0.2) is 0 Å². The van der Waals surface area contributed by atoms with Crippen molar-refractivity contribution in [2.24, 2.45) is 5.92 Å². The maximum absolute atomic E-state index is 11.6. The first-order valence-corrected chi connectivity index (χ1v) is 6.32. The van der Waals surface area contributed by atoms with Gasteiger partial charge in [0.1, 0.15) is 0 Å². The molecule has 16 heavy (non-hydrogen) atoms. The van der Waals surface area contributed by atoms with E-state index in [0.29, 0.717) is 6.42 Å². The van der Waals surface area contributed by atoms with Gasteiger partial charge < -0.3 is 5.32 Å². The standard InChI is InChI=1S/C13H25NO2/c1-5-7-8-9-12(16)14-13(11(4)15)10(3)6-2/h10,13H,5-9H2,1-4H3,(H,14,16)/t10-,13-/m0/s1. The molecular formula is C13H25NO2. The topological polar surface area (TPSA) is 46.2 Å². The van der Waals surface area contributed by atoms with Gasteiger partial charge in [0.2, 0.25) is 5.91 Å². The van der Waals surface area contributed by atoms with Crippen molar-refractivity contribution >= 4 is 11.7 Å². The molecule has 0 aromatic rings. The van der Waals surface area contributed by atoms with Crippen LogP contribution >= 0.6 is 0 Å². The van der Waals surface area contributed by atoms with Crippen molar-refractivity contribution < 1.29 is 9.59 Å². The van der Waals surface area contributed by atoms with Crippen molar-refractivity contribution in [2.75, 3.05) is 0 Å². The van der Waals surface area contributed by atoms with Crippen molar-refractivity contribution in [3.05, 3.63) is 0 Å². The molecule has 0 aliphatic carbocycles. The number of hydrogen-bond donors (Lipinski definition) is 1. The summed E-state index contributed by atoms with van der Waals surface area (Å²) in [6.07, 6.45) is 4.53. The maximum Gasteiger partial charge on any atom is 0.220 e. The summed E-state index contributed by atoms with van der Waals surface area (Å²) in [7, 11) is 0. The monoisotopic (exact) mass is 227 g/mol. The molecule has 0 spiro atoms. The van der Waals surface area contributed by atoms with Crippen LogP contribution in [0.5, 0.6) is 0 Å². The average molecular weight is 227 g/mol. The molecule has 0 radical (unpaired) electrons. The normalized spacial score (nSPS) is 14.2. The quantitative estimate of drug-likeness (QED) is 0.648. The third kappa shape index (κ3) is 5.89. The van der Waals surface area contributed by atoms with Gasteiger partial charge in [0.05, 0.1) is 6.04 Å². The van der Waals surface area contributed by atoms with Gasteiger partial charge in [-0.3, -0.25) is 9.59 Å². The molecule has 3 nitrogen and oxygen atoms in total. The summed E-state index contributed by atoms with van der Waals surface area (Å²) in [6.45, 7) is 7.68. The molecule has 3 heteroatoms. The van der Waals surface area contributed by atoms with Crippen LogP contribution in [0.1, 0.15) is 59.8 Å². The van der Waals surface area contributed by atoms with E-state index in [9.17, 15) is 9.59 Å². The molecular weight excluding hydrogens is 202 g/mol. The van der Waals surface area contributed by atoms with Crippen molar-refractivity contribution in [1.29, 1.82) is 0 Å². The Bertz CT molecular complexity index is 226. The van der Waals surface area contributed by atoms with Crippen LogP contribution in [0, 0.1) is 5.92 Å². The highest BCUT2D eigenvalue weighted by molar-refractivity contribution is 5.87. The fourth-order valence-corrected chi connectivity index (χ4v) is 1.66. The molecule has 0 bridgehead atoms. The van der Waals surface area contributed by atoms with Crippen molar-refractivity contribution in [3.8, 4) is 0 Å². The van der Waals surface area contributed by atoms with Crippen LogP contribution < -0.4 is 5.32 Å². The molecule has 0 aromatic heterocycles. The number of carbonyl (C=O) groups is 2. The van der Waals surface area contributed by atoms with E-state index < -0.39 is 0 Å². The van der Waals surface area contributed by atoms with E-state index in [1.807, 2.05) is 13.8 Å². The van der Waals surface area contributed by atoms with Gasteiger partial charge in [-0.1, -0.05) is 40.0 Å². The summed E-state index contributed by atoms with van der Waals surface area (Å²) in [5.41, 5.74) is 0. The molecule has 0 rings (SSSR count). The average Bonchev–Trinajstić information content (AvgIpc) is 2.25. The van der Waals surface area contributed by atoms with Gasteiger partial charge in [-0.05, 0) is 19.3 Å². The van der Waals surface area contributed by atoms with Gasteiger partial charge >= 0.3 is 0 Å². The van der Waals surface area contributed by atoms with Crippen molar-refractivity contribution in [2.45, 2.75) is 65.8 Å². The lowest BCUT2D eigenvalue weighted by Crippen LogP contribution is -2.43. The zero-order chi connectivity index (χ0) is 12.6. The first kappa shape index (κ1) is 15.1. The lowest BCUT2D eigenvalue weighted by atomic mass is 9.96. The van der Waals surface area contributed by atoms with E-state index in [-0.39, 0.29) is 23.7 Å². The third-order valence-electron chi connectivity index (χ3n) is 2.97. The fraction of sp³-hybridized carbons (Fsp3) is 0.846. The Hall–Kier alpha value is -0.860. The zero-order valence-electron chi connectivity index (χ0n) is 11.0. The first-order chi connectivity index (χ1) is 7.52. The molecule has 0 aliphatic rings. The predicted octanol–water partition coefficient (Wildman–Crippen LogP) is 2.69. The highest BCUT2D eigenvalue weighted by Crippen LogP contribution is 2.09. The van der Waals surface area contributed by atoms with Crippen LogP contribution in [-0.4, -0.2) is 17.7 Å². The Morgan fingerprint density at radius 2 is 1.81 bits per heavy atom. The minimum atomic E-state index is -0.306. The van der Waals surface area contributed by atoms with Crippen LogP contribution in [0.2, 0.25) is 0 Å². The summed E-state index contributed by atoms with van der Waals surface area (Å²) in [5, 5.41) is 2.84. The largest absolute Gasteiger partial charge is 0.346 e. The molecule has 0 saturated carbocycles. The van der Waals surface area contributed by atoms with Crippen LogP contribution in [0.25, 0.3) is 0 Å². The summed E-state index contributed by atoms with van der Waals surface area (Å²) in [6, 6.07) is -0.306. The summed E-state index contributed by atoms with van der Waals surface area (Å²) < 4.78 is 0. The number of amides is 1. The second kappa shape index (κ2) is 8.31.